The summed E-state index contributed by atoms with van der Waals surface area (Å²) >= 11 is 1.48. The maximum absolute atomic E-state index is 11.7. The molecule has 0 bridgehead atoms. The Kier molecular flexibility index (Phi) is 8.99. The van der Waals surface area contributed by atoms with Gasteiger partial charge < -0.3 is 25.4 Å². The lowest BCUT2D eigenvalue weighted by atomic mass is 9.91. The maximum Gasteiger partial charge on any atom is 0.336 e. The molecule has 6 nitrogen and oxygen atoms in total. The van der Waals surface area contributed by atoms with Crippen LogP contribution in [0.3, 0.4) is 0 Å². The van der Waals surface area contributed by atoms with E-state index in [0.717, 1.165) is 33.4 Å². The molecule has 0 unspecified atom stereocenters. The van der Waals surface area contributed by atoms with Crippen molar-refractivity contribution < 1.29 is 24.5 Å². The van der Waals surface area contributed by atoms with Crippen molar-refractivity contribution in [2.75, 3.05) is 5.75 Å². The van der Waals surface area contributed by atoms with Gasteiger partial charge in [0, 0.05) is 28.7 Å². The van der Waals surface area contributed by atoms with Gasteiger partial charge in [-0.1, -0.05) is 91.9 Å². The van der Waals surface area contributed by atoms with Gasteiger partial charge in [0.2, 0.25) is 0 Å². The number of aliphatic hydroxyl groups is 1. The summed E-state index contributed by atoms with van der Waals surface area (Å²) in [5.41, 5.74) is 12.2. The molecule has 1 heterocycles. The van der Waals surface area contributed by atoms with Crippen molar-refractivity contribution in [1.29, 1.82) is 0 Å². The number of aromatic carboxylic acids is 1. The fourth-order valence-electron chi connectivity index (χ4n) is 5.05. The predicted molar refractivity (Wildman–Crippen MR) is 157 cm³/mol. The lowest BCUT2D eigenvalue weighted by Gasteiger charge is -2.41. The predicted octanol–water partition coefficient (Wildman–Crippen LogP) is 6.59. The molecule has 4 aromatic rings. The van der Waals surface area contributed by atoms with Crippen molar-refractivity contribution in [3.63, 3.8) is 0 Å². The van der Waals surface area contributed by atoms with E-state index in [0.29, 0.717) is 17.2 Å². The van der Waals surface area contributed by atoms with Crippen molar-refractivity contribution in [2.45, 2.75) is 43.5 Å². The first-order valence-corrected chi connectivity index (χ1v) is 14.3. The molecule has 4 atom stereocenters. The van der Waals surface area contributed by atoms with Crippen molar-refractivity contribution in [1.82, 2.24) is 0 Å². The monoisotopic (exact) mass is 555 g/mol. The number of carbonyl (C=O) groups is 1. The molecule has 1 aliphatic rings. The Balaban J connectivity index is 1.42. The van der Waals surface area contributed by atoms with Gasteiger partial charge in [0.05, 0.1) is 24.4 Å². The summed E-state index contributed by atoms with van der Waals surface area (Å²) in [7, 11) is 0. The largest absolute Gasteiger partial charge is 0.478 e. The van der Waals surface area contributed by atoms with E-state index in [2.05, 4.69) is 25.1 Å². The minimum Gasteiger partial charge on any atom is -0.478 e. The van der Waals surface area contributed by atoms with Crippen LogP contribution in [0.4, 0.5) is 0 Å². The highest BCUT2D eigenvalue weighted by Gasteiger charge is 2.38. The van der Waals surface area contributed by atoms with Crippen molar-refractivity contribution in [2.24, 2.45) is 11.7 Å². The number of rotatable bonds is 9. The number of nitrogens with two attached hydrogens (primary N) is 1. The van der Waals surface area contributed by atoms with E-state index in [1.165, 1.54) is 11.8 Å². The average molecular weight is 556 g/mol. The molecule has 7 heteroatoms. The number of carboxylic acids is 1. The molecule has 40 heavy (non-hydrogen) atoms. The van der Waals surface area contributed by atoms with E-state index >= 15 is 0 Å². The average Bonchev–Trinajstić information content (AvgIpc) is 3.00. The van der Waals surface area contributed by atoms with Crippen LogP contribution in [-0.2, 0) is 22.6 Å². The van der Waals surface area contributed by atoms with Gasteiger partial charge in [0.1, 0.15) is 0 Å². The minimum absolute atomic E-state index is 0.00331. The summed E-state index contributed by atoms with van der Waals surface area (Å²) in [6.45, 7) is 2.54. The highest BCUT2D eigenvalue weighted by atomic mass is 32.2. The van der Waals surface area contributed by atoms with Gasteiger partial charge in [0.15, 0.2) is 6.29 Å². The highest BCUT2D eigenvalue weighted by molar-refractivity contribution is 7.99. The van der Waals surface area contributed by atoms with Crippen molar-refractivity contribution in [3.05, 3.63) is 125 Å². The number of hydrogen-bond acceptors (Lipinski definition) is 6. The van der Waals surface area contributed by atoms with Crippen LogP contribution in [0.25, 0.3) is 11.1 Å². The molecular weight excluding hydrogens is 522 g/mol. The van der Waals surface area contributed by atoms with E-state index in [4.69, 9.17) is 15.2 Å². The molecule has 1 fully saturated rings. The first-order valence-electron chi connectivity index (χ1n) is 13.3. The lowest BCUT2D eigenvalue weighted by molar-refractivity contribution is -0.268. The Hall–Kier alpha value is -3.46. The van der Waals surface area contributed by atoms with Crippen molar-refractivity contribution >= 4 is 17.7 Å². The molecule has 5 rings (SSSR count). The molecule has 206 valence electrons. The summed E-state index contributed by atoms with van der Waals surface area (Å²) in [5.74, 6) is -0.380. The van der Waals surface area contributed by atoms with Crippen LogP contribution in [0, 0.1) is 5.92 Å². The number of hydrogen-bond donors (Lipinski definition) is 3. The third-order valence-corrected chi connectivity index (χ3v) is 8.54. The molecule has 0 radical (unpaired) electrons. The van der Waals surface area contributed by atoms with Crippen molar-refractivity contribution in [3.8, 4) is 11.1 Å². The van der Waals surface area contributed by atoms with Gasteiger partial charge in [-0.2, -0.15) is 0 Å². The van der Waals surface area contributed by atoms with E-state index < -0.39 is 12.3 Å². The number of benzene rings is 4. The Morgan fingerprint density at radius 1 is 0.875 bits per heavy atom. The SMILES string of the molecule is C[C@@H]1[C@H](CSc2ccccc2C(=O)O)O[C@H](c2ccc(-c3ccccc3CN)cc2)O[C@@H]1c1ccc(CO)cc1. The van der Waals surface area contributed by atoms with Gasteiger partial charge in [-0.05, 0) is 39.9 Å². The van der Waals surface area contributed by atoms with Crippen LogP contribution in [0.2, 0.25) is 0 Å². The Labute approximate surface area is 238 Å². The Morgan fingerprint density at radius 3 is 2.25 bits per heavy atom. The zero-order chi connectivity index (χ0) is 28.1. The zero-order valence-corrected chi connectivity index (χ0v) is 23.1. The number of ether oxygens (including phenoxy) is 2. The van der Waals surface area contributed by atoms with Crippen LogP contribution < -0.4 is 5.73 Å². The summed E-state index contributed by atoms with van der Waals surface area (Å²) < 4.78 is 13.1. The summed E-state index contributed by atoms with van der Waals surface area (Å²) in [5, 5.41) is 19.1. The summed E-state index contributed by atoms with van der Waals surface area (Å²) in [6.07, 6.45) is -1.05. The number of carboxylic acid groups (broad SMARTS) is 1. The third-order valence-electron chi connectivity index (χ3n) is 7.38. The summed E-state index contributed by atoms with van der Waals surface area (Å²) in [4.78, 5) is 12.5. The van der Waals surface area contributed by atoms with Gasteiger partial charge >= 0.3 is 5.97 Å². The maximum atomic E-state index is 11.7. The molecule has 0 amide bonds. The van der Waals surface area contributed by atoms with Crippen LogP contribution >= 0.6 is 11.8 Å². The number of thioether (sulfide) groups is 1. The fraction of sp³-hybridized carbons (Fsp3) is 0.242. The second-order valence-corrected chi connectivity index (χ2v) is 11.0. The lowest BCUT2D eigenvalue weighted by Crippen LogP contribution is -2.38. The fourth-order valence-corrected chi connectivity index (χ4v) is 6.26. The van der Waals surface area contributed by atoms with Crippen LogP contribution in [0.5, 0.6) is 0 Å². The third kappa shape index (κ3) is 6.14. The van der Waals surface area contributed by atoms with Gasteiger partial charge in [-0.15, -0.1) is 11.8 Å². The highest BCUT2D eigenvalue weighted by Crippen LogP contribution is 2.43. The van der Waals surface area contributed by atoms with Gasteiger partial charge in [0.25, 0.3) is 0 Å². The topological polar surface area (TPSA) is 102 Å². The Bertz CT molecular complexity index is 1440. The summed E-state index contributed by atoms with van der Waals surface area (Å²) in [6, 6.07) is 31.1. The molecule has 0 saturated carbocycles. The molecular formula is C33H33NO5S. The zero-order valence-electron chi connectivity index (χ0n) is 22.3. The molecule has 0 aromatic heterocycles. The van der Waals surface area contributed by atoms with Crippen LogP contribution in [-0.4, -0.2) is 28.0 Å². The quantitative estimate of drug-likeness (QED) is 0.200. The normalized spacial score (nSPS) is 20.8. The molecule has 0 aliphatic carbocycles. The first kappa shape index (κ1) is 28.1. The number of aliphatic hydroxyl groups excluding tert-OH is 1. The Morgan fingerprint density at radius 2 is 1.55 bits per heavy atom. The molecule has 1 aliphatic heterocycles. The molecule has 4 aromatic carbocycles. The van der Waals surface area contributed by atoms with E-state index in [-0.39, 0.29) is 30.3 Å². The van der Waals surface area contributed by atoms with E-state index in [9.17, 15) is 15.0 Å². The standard InChI is InChI=1S/C33H33NO5S/c1-21-29(20-40-30-9-5-4-8-28(30)32(36)37)38-33(39-31(21)24-12-10-22(19-35)11-13-24)25-16-14-23(15-17-25)27-7-3-2-6-26(27)18-34/h2-17,21,29,31,33,35H,18-20,34H2,1H3,(H,36,37)/t21-,29+,31+,33+/m1/s1. The first-order chi connectivity index (χ1) is 19.5. The molecule has 4 N–H and O–H groups in total. The smallest absolute Gasteiger partial charge is 0.336 e. The van der Waals surface area contributed by atoms with Crippen LogP contribution in [0.15, 0.2) is 102 Å². The van der Waals surface area contributed by atoms with E-state index in [1.54, 1.807) is 12.1 Å². The van der Waals surface area contributed by atoms with Gasteiger partial charge in [-0.3, -0.25) is 0 Å². The second-order valence-electron chi connectivity index (χ2n) is 9.92. The minimum atomic E-state index is -0.944. The molecule has 1 saturated heterocycles. The second kappa shape index (κ2) is 12.8. The molecule has 0 spiro atoms. The van der Waals surface area contributed by atoms with E-state index in [1.807, 2.05) is 66.7 Å². The van der Waals surface area contributed by atoms with Gasteiger partial charge in [-0.25, -0.2) is 4.79 Å². The van der Waals surface area contributed by atoms with Crippen LogP contribution in [0.1, 0.15) is 51.9 Å².